The van der Waals surface area contributed by atoms with Crippen molar-refractivity contribution in [2.75, 3.05) is 13.1 Å². The Kier molecular flexibility index (Phi) is 4.41. The summed E-state index contributed by atoms with van der Waals surface area (Å²) >= 11 is 3.21. The average Bonchev–Trinajstić information content (AvgIpc) is 2.71. The van der Waals surface area contributed by atoms with Crippen molar-refractivity contribution in [2.45, 2.75) is 19.4 Å². The third kappa shape index (κ3) is 2.59. The van der Waals surface area contributed by atoms with E-state index in [1.807, 2.05) is 6.92 Å². The number of hydrogen-bond donors (Lipinski definition) is 1. The fraction of sp³-hybridized carbons (Fsp3) is 0.500. The van der Waals surface area contributed by atoms with Crippen LogP contribution in [0.5, 0.6) is 0 Å². The average molecular weight is 310 g/mol. The predicted molar refractivity (Wildman–Crippen MR) is 66.9 cm³/mol. The minimum atomic E-state index is -0.0637. The van der Waals surface area contributed by atoms with Crippen molar-refractivity contribution in [1.82, 2.24) is 4.90 Å². The van der Waals surface area contributed by atoms with Crippen molar-refractivity contribution >= 4 is 34.2 Å². The lowest BCUT2D eigenvalue weighted by Gasteiger charge is -2.14. The number of rotatable bonds is 1. The van der Waals surface area contributed by atoms with E-state index in [4.69, 9.17) is 10.2 Å². The standard InChI is InChI=1S/C10H13BrN2O2.ClH/c1-6-4-8(11)15-9(6)10(14)13-3-2-7(12)5-13;/h4,7H,2-3,5,12H2,1H3;1H. The summed E-state index contributed by atoms with van der Waals surface area (Å²) in [6.07, 6.45) is 0.868. The molecule has 1 aromatic rings. The van der Waals surface area contributed by atoms with E-state index in [1.165, 1.54) is 0 Å². The largest absolute Gasteiger partial charge is 0.444 e. The van der Waals surface area contributed by atoms with Crippen LogP contribution in [0.3, 0.4) is 0 Å². The molecule has 0 bridgehead atoms. The maximum absolute atomic E-state index is 12.0. The first-order chi connectivity index (χ1) is 7.08. The monoisotopic (exact) mass is 308 g/mol. The molecule has 1 unspecified atom stereocenters. The van der Waals surface area contributed by atoms with Gasteiger partial charge in [-0.2, -0.15) is 0 Å². The lowest BCUT2D eigenvalue weighted by Crippen LogP contribution is -2.31. The Morgan fingerprint density at radius 3 is 2.81 bits per heavy atom. The molecule has 0 aromatic carbocycles. The molecular weight excluding hydrogens is 295 g/mol. The minimum Gasteiger partial charge on any atom is -0.444 e. The van der Waals surface area contributed by atoms with E-state index in [9.17, 15) is 4.79 Å². The van der Waals surface area contributed by atoms with Gasteiger partial charge in [-0.05, 0) is 35.3 Å². The Morgan fingerprint density at radius 1 is 1.69 bits per heavy atom. The van der Waals surface area contributed by atoms with Gasteiger partial charge in [0.15, 0.2) is 10.4 Å². The van der Waals surface area contributed by atoms with Crippen LogP contribution in [0.2, 0.25) is 0 Å². The molecule has 1 atom stereocenters. The highest BCUT2D eigenvalue weighted by Crippen LogP contribution is 2.22. The van der Waals surface area contributed by atoms with Crippen LogP contribution < -0.4 is 5.73 Å². The zero-order valence-corrected chi connectivity index (χ0v) is 11.3. The summed E-state index contributed by atoms with van der Waals surface area (Å²) in [5, 5.41) is 0. The third-order valence-electron chi connectivity index (χ3n) is 2.59. The van der Waals surface area contributed by atoms with Gasteiger partial charge in [-0.3, -0.25) is 4.79 Å². The number of halogens is 2. The van der Waals surface area contributed by atoms with Crippen molar-refractivity contribution in [3.63, 3.8) is 0 Å². The highest BCUT2D eigenvalue weighted by molar-refractivity contribution is 9.10. The molecule has 90 valence electrons. The van der Waals surface area contributed by atoms with E-state index in [0.29, 0.717) is 17.0 Å². The molecule has 0 radical (unpaired) electrons. The quantitative estimate of drug-likeness (QED) is 0.862. The molecule has 6 heteroatoms. The van der Waals surface area contributed by atoms with E-state index in [2.05, 4.69) is 15.9 Å². The molecule has 16 heavy (non-hydrogen) atoms. The highest BCUT2D eigenvalue weighted by atomic mass is 79.9. The molecule has 0 saturated carbocycles. The molecule has 1 aliphatic heterocycles. The van der Waals surface area contributed by atoms with Crippen molar-refractivity contribution in [1.29, 1.82) is 0 Å². The summed E-state index contributed by atoms with van der Waals surface area (Å²) in [5.74, 6) is 0.349. The Bertz CT molecular complexity index is 394. The lowest BCUT2D eigenvalue weighted by molar-refractivity contribution is 0.0757. The van der Waals surface area contributed by atoms with Crippen molar-refractivity contribution in [3.8, 4) is 0 Å². The number of nitrogens with two attached hydrogens (primary N) is 1. The smallest absolute Gasteiger partial charge is 0.289 e. The van der Waals surface area contributed by atoms with Crippen molar-refractivity contribution in [2.24, 2.45) is 5.73 Å². The Balaban J connectivity index is 0.00000128. The highest BCUT2D eigenvalue weighted by Gasteiger charge is 2.27. The molecular formula is C10H14BrClN2O2. The first-order valence-electron chi connectivity index (χ1n) is 4.88. The van der Waals surface area contributed by atoms with Crippen molar-refractivity contribution in [3.05, 3.63) is 22.1 Å². The molecule has 2 rings (SSSR count). The van der Waals surface area contributed by atoms with Gasteiger partial charge in [0.2, 0.25) is 0 Å². The molecule has 1 fully saturated rings. The molecule has 1 amide bonds. The Hall–Kier alpha value is -0.520. The molecule has 1 aromatic heterocycles. The number of hydrogen-bond acceptors (Lipinski definition) is 3. The van der Waals surface area contributed by atoms with Crippen LogP contribution in [0.15, 0.2) is 15.2 Å². The lowest BCUT2D eigenvalue weighted by atomic mass is 10.2. The SMILES string of the molecule is Cc1cc(Br)oc1C(=O)N1CCC(N)C1.Cl. The van der Waals surface area contributed by atoms with Crippen LogP contribution >= 0.6 is 28.3 Å². The van der Waals surface area contributed by atoms with Crippen LogP contribution in [-0.4, -0.2) is 29.9 Å². The van der Waals surface area contributed by atoms with Crippen LogP contribution in [0.4, 0.5) is 0 Å². The summed E-state index contributed by atoms with van der Waals surface area (Å²) in [5.41, 5.74) is 6.60. The van der Waals surface area contributed by atoms with E-state index < -0.39 is 0 Å². The maximum atomic E-state index is 12.0. The van der Waals surface area contributed by atoms with Crippen LogP contribution in [-0.2, 0) is 0 Å². The van der Waals surface area contributed by atoms with Crippen LogP contribution in [0.25, 0.3) is 0 Å². The number of likely N-dealkylation sites (tertiary alicyclic amines) is 1. The number of carbonyl (C=O) groups excluding carboxylic acids is 1. The maximum Gasteiger partial charge on any atom is 0.289 e. The molecule has 2 N–H and O–H groups in total. The number of furan rings is 1. The minimum absolute atomic E-state index is 0. The molecule has 1 aliphatic rings. The van der Waals surface area contributed by atoms with Gasteiger partial charge >= 0.3 is 0 Å². The molecule has 4 nitrogen and oxygen atoms in total. The zero-order chi connectivity index (χ0) is 11.0. The first-order valence-corrected chi connectivity index (χ1v) is 5.68. The number of amides is 1. The third-order valence-corrected chi connectivity index (χ3v) is 2.98. The normalized spacial score (nSPS) is 19.7. The van der Waals surface area contributed by atoms with Crippen LogP contribution in [0.1, 0.15) is 22.5 Å². The molecule has 0 aliphatic carbocycles. The summed E-state index contributed by atoms with van der Waals surface area (Å²) in [6.45, 7) is 3.20. The first kappa shape index (κ1) is 13.5. The number of aryl methyl sites for hydroxylation is 1. The molecule has 2 heterocycles. The number of carbonyl (C=O) groups is 1. The second-order valence-electron chi connectivity index (χ2n) is 3.86. The number of nitrogens with zero attached hydrogens (tertiary/aromatic N) is 1. The van der Waals surface area contributed by atoms with E-state index >= 15 is 0 Å². The summed E-state index contributed by atoms with van der Waals surface area (Å²) in [6, 6.07) is 1.90. The second kappa shape index (κ2) is 5.21. The summed E-state index contributed by atoms with van der Waals surface area (Å²) in [7, 11) is 0. The summed E-state index contributed by atoms with van der Waals surface area (Å²) < 4.78 is 5.90. The van der Waals surface area contributed by atoms with Gasteiger partial charge < -0.3 is 15.1 Å². The van der Waals surface area contributed by atoms with Gasteiger partial charge in [0, 0.05) is 24.7 Å². The fourth-order valence-corrected chi connectivity index (χ4v) is 2.28. The Morgan fingerprint density at radius 2 is 2.38 bits per heavy atom. The topological polar surface area (TPSA) is 59.5 Å². The molecule has 0 spiro atoms. The van der Waals surface area contributed by atoms with E-state index in [0.717, 1.165) is 18.5 Å². The van der Waals surface area contributed by atoms with Gasteiger partial charge in [-0.15, -0.1) is 12.4 Å². The fourth-order valence-electron chi connectivity index (χ4n) is 1.77. The van der Waals surface area contributed by atoms with Gasteiger partial charge in [0.05, 0.1) is 0 Å². The van der Waals surface area contributed by atoms with E-state index in [1.54, 1.807) is 11.0 Å². The van der Waals surface area contributed by atoms with Gasteiger partial charge in [0.25, 0.3) is 5.91 Å². The summed E-state index contributed by atoms with van der Waals surface area (Å²) in [4.78, 5) is 13.7. The van der Waals surface area contributed by atoms with E-state index in [-0.39, 0.29) is 24.4 Å². The van der Waals surface area contributed by atoms with Crippen molar-refractivity contribution < 1.29 is 9.21 Å². The second-order valence-corrected chi connectivity index (χ2v) is 4.64. The van der Waals surface area contributed by atoms with Crippen LogP contribution in [0, 0.1) is 6.92 Å². The van der Waals surface area contributed by atoms with Gasteiger partial charge in [-0.1, -0.05) is 0 Å². The van der Waals surface area contributed by atoms with Gasteiger partial charge in [-0.25, -0.2) is 0 Å². The molecule has 1 saturated heterocycles. The van der Waals surface area contributed by atoms with Gasteiger partial charge in [0.1, 0.15) is 0 Å². The Labute approximate surface area is 109 Å². The zero-order valence-electron chi connectivity index (χ0n) is 8.90. The predicted octanol–water partition coefficient (Wildman–Crippen LogP) is 1.95.